The van der Waals surface area contributed by atoms with E-state index in [0.717, 1.165) is 0 Å². The summed E-state index contributed by atoms with van der Waals surface area (Å²) >= 11 is 0. The van der Waals surface area contributed by atoms with Crippen LogP contribution in [0.2, 0.25) is 0 Å². The molecule has 0 radical (unpaired) electrons. The van der Waals surface area contributed by atoms with Crippen LogP contribution in [0.5, 0.6) is 0 Å². The van der Waals surface area contributed by atoms with Gasteiger partial charge in [-0.2, -0.15) is 19.5 Å². The molecule has 1 aromatic carbocycles. The van der Waals surface area contributed by atoms with Gasteiger partial charge in [0.2, 0.25) is 17.7 Å². The van der Waals surface area contributed by atoms with Crippen molar-refractivity contribution < 1.29 is 17.6 Å². The number of fused-ring (bicyclic) bond motifs is 1. The van der Waals surface area contributed by atoms with Gasteiger partial charge in [0.25, 0.3) is 5.78 Å². The molecular formula is C20H20F3N9O. The van der Waals surface area contributed by atoms with Crippen LogP contribution < -0.4 is 16.0 Å². The molecule has 0 unspecified atom stereocenters. The van der Waals surface area contributed by atoms with Crippen LogP contribution in [0.1, 0.15) is 0 Å². The van der Waals surface area contributed by atoms with Crippen molar-refractivity contribution in [3.8, 4) is 11.6 Å². The fraction of sp³-hybridized carbons (Fsp3) is 0.300. The first-order chi connectivity index (χ1) is 16.0. The molecule has 0 bridgehead atoms. The van der Waals surface area contributed by atoms with E-state index in [4.69, 9.17) is 10.2 Å². The Morgan fingerprint density at radius 2 is 1.79 bits per heavy atom. The van der Waals surface area contributed by atoms with E-state index in [1.165, 1.54) is 10.8 Å². The minimum atomic E-state index is -0.928. The molecule has 0 saturated carbocycles. The molecule has 0 aliphatic carbocycles. The van der Waals surface area contributed by atoms with E-state index in [1.54, 1.807) is 17.0 Å². The molecule has 0 spiro atoms. The first-order valence-electron chi connectivity index (χ1n) is 10.3. The van der Waals surface area contributed by atoms with Crippen LogP contribution in [-0.4, -0.2) is 68.7 Å². The number of nitrogens with zero attached hydrogens (tertiary/aromatic N) is 7. The smallest absolute Gasteiger partial charge is 0.259 e. The Kier molecular flexibility index (Phi) is 5.46. The predicted octanol–water partition coefficient (Wildman–Crippen LogP) is 2.01. The van der Waals surface area contributed by atoms with Gasteiger partial charge >= 0.3 is 0 Å². The molecule has 5 rings (SSSR count). The largest absolute Gasteiger partial charge is 0.461 e. The molecule has 10 nitrogen and oxygen atoms in total. The van der Waals surface area contributed by atoms with Crippen molar-refractivity contribution in [1.29, 1.82) is 0 Å². The van der Waals surface area contributed by atoms with Gasteiger partial charge in [0.05, 0.1) is 6.26 Å². The van der Waals surface area contributed by atoms with Crippen molar-refractivity contribution in [2.75, 3.05) is 55.2 Å². The maximum absolute atomic E-state index is 14.0. The van der Waals surface area contributed by atoms with E-state index >= 15 is 0 Å². The zero-order valence-electron chi connectivity index (χ0n) is 17.4. The van der Waals surface area contributed by atoms with E-state index in [-0.39, 0.29) is 17.4 Å². The number of rotatable bonds is 6. The van der Waals surface area contributed by atoms with Gasteiger partial charge in [-0.05, 0) is 12.1 Å². The molecule has 1 fully saturated rings. The molecule has 1 aliphatic heterocycles. The molecule has 1 saturated heterocycles. The summed E-state index contributed by atoms with van der Waals surface area (Å²) in [6, 6.07) is 4.86. The number of aromatic nitrogens is 5. The summed E-state index contributed by atoms with van der Waals surface area (Å²) in [6.45, 7) is 3.21. The molecule has 3 aromatic heterocycles. The van der Waals surface area contributed by atoms with Gasteiger partial charge in [-0.15, -0.1) is 5.10 Å². The average molecular weight is 459 g/mol. The second-order valence-electron chi connectivity index (χ2n) is 7.50. The highest BCUT2D eigenvalue weighted by molar-refractivity contribution is 5.53. The fourth-order valence-corrected chi connectivity index (χ4v) is 3.75. The van der Waals surface area contributed by atoms with Crippen LogP contribution in [0.15, 0.2) is 34.9 Å². The standard InChI is InChI=1S/C20H20F3N9O/c21-12-10-13(22)16(14(23)11-12)31-7-5-30(6-8-31)4-3-25-19-27-18(24)32-20(28-19)26-17(29-32)15-2-1-9-33-15/h1-2,9-11H,3-8H2,(H3,24,25,26,27,28,29). The molecular weight excluding hydrogens is 439 g/mol. The lowest BCUT2D eigenvalue weighted by molar-refractivity contribution is 0.265. The monoisotopic (exact) mass is 459 g/mol. The van der Waals surface area contributed by atoms with Crippen molar-refractivity contribution in [3.05, 3.63) is 48.0 Å². The molecule has 4 aromatic rings. The summed E-state index contributed by atoms with van der Waals surface area (Å²) in [6.07, 6.45) is 1.52. The first kappa shape index (κ1) is 21.0. The van der Waals surface area contributed by atoms with E-state index in [1.807, 2.05) is 0 Å². The minimum Gasteiger partial charge on any atom is -0.461 e. The molecule has 1 aliphatic rings. The van der Waals surface area contributed by atoms with Crippen molar-refractivity contribution in [3.63, 3.8) is 0 Å². The highest BCUT2D eigenvalue weighted by atomic mass is 19.1. The molecule has 0 atom stereocenters. The van der Waals surface area contributed by atoms with Gasteiger partial charge < -0.3 is 20.4 Å². The number of nitrogens with one attached hydrogen (secondary N) is 1. The summed E-state index contributed by atoms with van der Waals surface area (Å²) in [4.78, 5) is 16.6. The van der Waals surface area contributed by atoms with Gasteiger partial charge in [0.1, 0.15) is 11.5 Å². The van der Waals surface area contributed by atoms with Crippen LogP contribution in [0.25, 0.3) is 17.4 Å². The van der Waals surface area contributed by atoms with Crippen molar-refractivity contribution in [2.45, 2.75) is 0 Å². The normalized spacial score (nSPS) is 14.8. The highest BCUT2D eigenvalue weighted by Crippen LogP contribution is 2.25. The van der Waals surface area contributed by atoms with Crippen molar-refractivity contribution >= 4 is 23.4 Å². The average Bonchev–Trinajstić information content (AvgIpc) is 3.44. The Balaban J connectivity index is 1.17. The molecule has 13 heteroatoms. The molecule has 172 valence electrons. The third kappa shape index (κ3) is 4.26. The fourth-order valence-electron chi connectivity index (χ4n) is 3.75. The second-order valence-corrected chi connectivity index (χ2v) is 7.50. The third-order valence-corrected chi connectivity index (χ3v) is 5.36. The maximum atomic E-state index is 14.0. The van der Waals surface area contributed by atoms with Crippen LogP contribution >= 0.6 is 0 Å². The number of halogens is 3. The van der Waals surface area contributed by atoms with Crippen LogP contribution in [0.3, 0.4) is 0 Å². The van der Waals surface area contributed by atoms with Gasteiger partial charge in [0.15, 0.2) is 17.4 Å². The highest BCUT2D eigenvalue weighted by Gasteiger charge is 2.23. The number of nitrogens with two attached hydrogens (primary N) is 1. The SMILES string of the molecule is Nc1nc(NCCN2CCN(c3c(F)cc(F)cc3F)CC2)nc2nc(-c3ccco3)nn12. The van der Waals surface area contributed by atoms with E-state index in [9.17, 15) is 13.2 Å². The minimum absolute atomic E-state index is 0.129. The Bertz CT molecular complexity index is 1250. The topological polar surface area (TPSA) is 114 Å². The van der Waals surface area contributed by atoms with Crippen LogP contribution in [0.4, 0.5) is 30.8 Å². The summed E-state index contributed by atoms with van der Waals surface area (Å²) in [5, 5.41) is 7.36. The number of benzene rings is 1. The van der Waals surface area contributed by atoms with Crippen LogP contribution in [-0.2, 0) is 0 Å². The Morgan fingerprint density at radius 1 is 1.03 bits per heavy atom. The summed E-state index contributed by atoms with van der Waals surface area (Å²) in [5.41, 5.74) is 5.79. The van der Waals surface area contributed by atoms with E-state index in [2.05, 4.69) is 30.3 Å². The zero-order valence-corrected chi connectivity index (χ0v) is 17.4. The quantitative estimate of drug-likeness (QED) is 0.447. The number of hydrogen-bond donors (Lipinski definition) is 2. The van der Waals surface area contributed by atoms with Gasteiger partial charge in [-0.3, -0.25) is 4.90 Å². The Hall–Kier alpha value is -3.87. The van der Waals surface area contributed by atoms with Gasteiger partial charge in [-0.25, -0.2) is 13.2 Å². The predicted molar refractivity (Wildman–Crippen MR) is 114 cm³/mol. The number of hydrogen-bond acceptors (Lipinski definition) is 9. The lowest BCUT2D eigenvalue weighted by Crippen LogP contribution is -2.48. The lowest BCUT2D eigenvalue weighted by Gasteiger charge is -2.36. The number of anilines is 3. The second kappa shape index (κ2) is 8.58. The molecule has 33 heavy (non-hydrogen) atoms. The Morgan fingerprint density at radius 3 is 2.48 bits per heavy atom. The summed E-state index contributed by atoms with van der Waals surface area (Å²) < 4.78 is 47.8. The summed E-state index contributed by atoms with van der Waals surface area (Å²) in [7, 11) is 0. The number of furan rings is 1. The zero-order chi connectivity index (χ0) is 22.9. The van der Waals surface area contributed by atoms with Crippen molar-refractivity contribution in [2.24, 2.45) is 0 Å². The van der Waals surface area contributed by atoms with Crippen LogP contribution in [0, 0.1) is 17.5 Å². The maximum Gasteiger partial charge on any atom is 0.259 e. The van der Waals surface area contributed by atoms with E-state index < -0.39 is 17.5 Å². The molecule has 3 N–H and O–H groups in total. The van der Waals surface area contributed by atoms with E-state index in [0.29, 0.717) is 68.9 Å². The van der Waals surface area contributed by atoms with Gasteiger partial charge in [-0.1, -0.05) is 0 Å². The number of nitrogen functional groups attached to an aromatic ring is 1. The van der Waals surface area contributed by atoms with Gasteiger partial charge in [0, 0.05) is 51.4 Å². The first-order valence-corrected chi connectivity index (χ1v) is 10.3. The summed E-state index contributed by atoms with van der Waals surface area (Å²) in [5.74, 6) is -1.14. The third-order valence-electron chi connectivity index (χ3n) is 5.36. The Labute approximate surface area is 185 Å². The van der Waals surface area contributed by atoms with Crippen molar-refractivity contribution in [1.82, 2.24) is 29.5 Å². The molecule has 4 heterocycles. The molecule has 0 amide bonds. The lowest BCUT2D eigenvalue weighted by atomic mass is 10.2. The number of piperazine rings is 1.